The van der Waals surface area contributed by atoms with Gasteiger partial charge in [0.2, 0.25) is 0 Å². The normalized spacial score (nSPS) is 25.4. The van der Waals surface area contributed by atoms with Crippen LogP contribution in [0.5, 0.6) is 11.5 Å². The molecule has 2 aliphatic heterocycles. The van der Waals surface area contributed by atoms with Crippen LogP contribution in [-0.4, -0.2) is 47.8 Å². The van der Waals surface area contributed by atoms with Gasteiger partial charge >= 0.3 is 0 Å². The number of aliphatic hydroxyl groups is 1. The average molecular weight is 277 g/mol. The van der Waals surface area contributed by atoms with E-state index in [0.29, 0.717) is 49.8 Å². The van der Waals surface area contributed by atoms with Gasteiger partial charge in [-0.1, -0.05) is 0 Å². The number of ether oxygens (including phenoxy) is 2. The second kappa shape index (κ2) is 4.98. The Hall–Kier alpha value is -1.75. The van der Waals surface area contributed by atoms with E-state index in [9.17, 15) is 9.90 Å². The molecular weight excluding hydrogens is 258 g/mol. The Bertz CT molecular complexity index is 527. The number of amides is 1. The zero-order valence-corrected chi connectivity index (χ0v) is 11.6. The smallest absolute Gasteiger partial charge is 0.254 e. The molecule has 1 aromatic rings. The highest BCUT2D eigenvalue weighted by molar-refractivity contribution is 5.95. The summed E-state index contributed by atoms with van der Waals surface area (Å²) in [6, 6.07) is 5.26. The maximum Gasteiger partial charge on any atom is 0.254 e. The fourth-order valence-electron chi connectivity index (χ4n) is 2.60. The predicted molar refractivity (Wildman–Crippen MR) is 73.2 cm³/mol. The van der Waals surface area contributed by atoms with Gasteiger partial charge in [0.25, 0.3) is 5.91 Å². The van der Waals surface area contributed by atoms with Crippen molar-refractivity contribution in [3.63, 3.8) is 0 Å². The van der Waals surface area contributed by atoms with Crippen LogP contribution in [0.25, 0.3) is 0 Å². The molecule has 3 rings (SSSR count). The number of likely N-dealkylation sites (tertiary alicyclic amines) is 1. The lowest BCUT2D eigenvalue weighted by atomic mass is 10.1. The van der Waals surface area contributed by atoms with Crippen molar-refractivity contribution in [2.75, 3.05) is 26.3 Å². The minimum Gasteiger partial charge on any atom is -0.490 e. The van der Waals surface area contributed by atoms with Gasteiger partial charge in [-0.15, -0.1) is 0 Å². The van der Waals surface area contributed by atoms with Crippen molar-refractivity contribution in [2.45, 2.75) is 25.4 Å². The van der Waals surface area contributed by atoms with Gasteiger partial charge < -0.3 is 19.5 Å². The molecular formula is C15H19NO4. The van der Waals surface area contributed by atoms with Crippen LogP contribution < -0.4 is 9.47 Å². The van der Waals surface area contributed by atoms with Gasteiger partial charge in [0.1, 0.15) is 0 Å². The zero-order valence-electron chi connectivity index (χ0n) is 11.6. The van der Waals surface area contributed by atoms with Gasteiger partial charge in [-0.2, -0.15) is 0 Å². The summed E-state index contributed by atoms with van der Waals surface area (Å²) in [4.78, 5) is 14.1. The van der Waals surface area contributed by atoms with Gasteiger partial charge in [-0.25, -0.2) is 0 Å². The van der Waals surface area contributed by atoms with E-state index in [1.165, 1.54) is 0 Å². The Morgan fingerprint density at radius 2 is 2.05 bits per heavy atom. The molecule has 20 heavy (non-hydrogen) atoms. The number of hydrogen-bond acceptors (Lipinski definition) is 4. The molecule has 0 spiro atoms. The van der Waals surface area contributed by atoms with E-state index in [-0.39, 0.29) is 5.91 Å². The van der Waals surface area contributed by atoms with Gasteiger partial charge in [0.05, 0.1) is 18.8 Å². The molecule has 1 amide bonds. The summed E-state index contributed by atoms with van der Waals surface area (Å²) in [5, 5.41) is 9.95. The molecule has 1 N–H and O–H groups in total. The fraction of sp³-hybridized carbons (Fsp3) is 0.533. The Morgan fingerprint density at radius 3 is 2.75 bits per heavy atom. The molecule has 1 unspecified atom stereocenters. The fourth-order valence-corrected chi connectivity index (χ4v) is 2.60. The predicted octanol–water partition coefficient (Wildman–Crippen LogP) is 1.44. The lowest BCUT2D eigenvalue weighted by molar-refractivity contribution is 0.0572. The van der Waals surface area contributed by atoms with E-state index in [4.69, 9.17) is 9.47 Å². The maximum absolute atomic E-state index is 12.4. The first-order valence-electron chi connectivity index (χ1n) is 6.96. The van der Waals surface area contributed by atoms with Gasteiger partial charge in [0.15, 0.2) is 11.5 Å². The third-order valence-electron chi connectivity index (χ3n) is 3.73. The first kappa shape index (κ1) is 13.2. The summed E-state index contributed by atoms with van der Waals surface area (Å²) in [5.41, 5.74) is -0.201. The van der Waals surface area contributed by atoms with Crippen molar-refractivity contribution in [1.82, 2.24) is 4.90 Å². The monoisotopic (exact) mass is 277 g/mol. The lowest BCUT2D eigenvalue weighted by Gasteiger charge is -2.19. The van der Waals surface area contributed by atoms with Crippen LogP contribution in [0.15, 0.2) is 18.2 Å². The van der Waals surface area contributed by atoms with Crippen LogP contribution in [0.2, 0.25) is 0 Å². The summed E-state index contributed by atoms with van der Waals surface area (Å²) < 4.78 is 11.1. The number of nitrogens with zero attached hydrogens (tertiary/aromatic N) is 1. The second-order valence-electron chi connectivity index (χ2n) is 5.69. The van der Waals surface area contributed by atoms with Crippen LogP contribution in [0, 0.1) is 0 Å². The minimum absolute atomic E-state index is 0.0709. The zero-order chi connectivity index (χ0) is 14.2. The van der Waals surface area contributed by atoms with E-state index in [1.807, 2.05) is 0 Å². The van der Waals surface area contributed by atoms with E-state index in [2.05, 4.69) is 0 Å². The second-order valence-corrected chi connectivity index (χ2v) is 5.69. The third kappa shape index (κ3) is 2.58. The molecule has 2 aliphatic rings. The average Bonchev–Trinajstić information content (AvgIpc) is 2.65. The molecule has 1 atom stereocenters. The summed E-state index contributed by atoms with van der Waals surface area (Å²) in [5.74, 6) is 1.24. The van der Waals surface area contributed by atoms with Crippen molar-refractivity contribution < 1.29 is 19.4 Å². The highest BCUT2D eigenvalue weighted by Crippen LogP contribution is 2.31. The molecule has 2 heterocycles. The number of hydrogen-bond donors (Lipinski definition) is 1. The highest BCUT2D eigenvalue weighted by atomic mass is 16.5. The van der Waals surface area contributed by atoms with E-state index in [1.54, 1.807) is 30.0 Å². The molecule has 0 radical (unpaired) electrons. The summed E-state index contributed by atoms with van der Waals surface area (Å²) in [6.45, 7) is 3.95. The summed E-state index contributed by atoms with van der Waals surface area (Å²) >= 11 is 0. The molecule has 5 heteroatoms. The molecule has 0 aromatic heterocycles. The minimum atomic E-state index is -0.777. The van der Waals surface area contributed by atoms with Gasteiger partial charge in [-0.3, -0.25) is 4.79 Å². The Balaban J connectivity index is 1.80. The maximum atomic E-state index is 12.4. The van der Waals surface area contributed by atoms with Crippen LogP contribution in [-0.2, 0) is 0 Å². The van der Waals surface area contributed by atoms with E-state index >= 15 is 0 Å². The molecule has 0 bridgehead atoms. The number of carbonyl (C=O) groups excluding carboxylic acids is 1. The van der Waals surface area contributed by atoms with Crippen molar-refractivity contribution in [3.05, 3.63) is 23.8 Å². The van der Waals surface area contributed by atoms with Crippen LogP contribution in [0.3, 0.4) is 0 Å². The number of β-amino-alcohol motifs (C(OH)–C–C–N with tert-alkyl or cyclic N) is 1. The largest absolute Gasteiger partial charge is 0.490 e. The first-order valence-corrected chi connectivity index (χ1v) is 6.96. The number of rotatable bonds is 1. The van der Waals surface area contributed by atoms with Crippen molar-refractivity contribution in [1.29, 1.82) is 0 Å². The van der Waals surface area contributed by atoms with Gasteiger partial charge in [-0.05, 0) is 31.5 Å². The van der Waals surface area contributed by atoms with Crippen LogP contribution >= 0.6 is 0 Å². The van der Waals surface area contributed by atoms with Crippen molar-refractivity contribution in [3.8, 4) is 11.5 Å². The number of carbonyl (C=O) groups is 1. The molecule has 108 valence electrons. The molecule has 0 aliphatic carbocycles. The quantitative estimate of drug-likeness (QED) is 0.844. The van der Waals surface area contributed by atoms with Gasteiger partial charge in [0, 0.05) is 25.1 Å². The van der Waals surface area contributed by atoms with Crippen molar-refractivity contribution in [2.24, 2.45) is 0 Å². The third-order valence-corrected chi connectivity index (χ3v) is 3.73. The highest BCUT2D eigenvalue weighted by Gasteiger charge is 2.34. The molecule has 1 saturated heterocycles. The molecule has 5 nitrogen and oxygen atoms in total. The Labute approximate surface area is 118 Å². The Morgan fingerprint density at radius 1 is 1.30 bits per heavy atom. The SMILES string of the molecule is CC1(O)CCN(C(=O)c2ccc3c(c2)OCCCO3)C1. The van der Waals surface area contributed by atoms with E-state index < -0.39 is 5.60 Å². The van der Waals surface area contributed by atoms with Crippen LogP contribution in [0.4, 0.5) is 0 Å². The van der Waals surface area contributed by atoms with Crippen LogP contribution in [0.1, 0.15) is 30.1 Å². The summed E-state index contributed by atoms with van der Waals surface area (Å²) in [7, 11) is 0. The number of benzene rings is 1. The topological polar surface area (TPSA) is 59.0 Å². The van der Waals surface area contributed by atoms with E-state index in [0.717, 1.165) is 6.42 Å². The Kier molecular flexibility index (Phi) is 3.30. The molecule has 1 aromatic carbocycles. The van der Waals surface area contributed by atoms with Crippen molar-refractivity contribution >= 4 is 5.91 Å². The lowest BCUT2D eigenvalue weighted by Crippen LogP contribution is -2.33. The first-order chi connectivity index (χ1) is 9.55. The number of fused-ring (bicyclic) bond motifs is 1. The molecule has 1 fully saturated rings. The molecule has 0 saturated carbocycles. The summed E-state index contributed by atoms with van der Waals surface area (Å²) in [6.07, 6.45) is 1.45. The standard InChI is InChI=1S/C15H19NO4/c1-15(18)5-6-16(10-15)14(17)11-3-4-12-13(9-11)20-8-2-7-19-12/h3-4,9,18H,2,5-8,10H2,1H3.